The molecule has 7 nitrogen and oxygen atoms in total. The fraction of sp³-hybridized carbons (Fsp3) is 0.207. The number of hydrogen-bond donors (Lipinski definition) is 3. The Bertz CT molecular complexity index is 1380. The summed E-state index contributed by atoms with van der Waals surface area (Å²) in [5.41, 5.74) is 3.47. The van der Waals surface area contributed by atoms with Crippen molar-refractivity contribution in [3.63, 3.8) is 0 Å². The second kappa shape index (κ2) is 12.3. The van der Waals surface area contributed by atoms with Crippen molar-refractivity contribution in [3.05, 3.63) is 112 Å². The first kappa shape index (κ1) is 26.1. The number of hydrogen-bond acceptors (Lipinski definition) is 6. The van der Waals surface area contributed by atoms with Crippen LogP contribution in [0.1, 0.15) is 45.2 Å². The quantitative estimate of drug-likeness (QED) is 0.191. The highest BCUT2D eigenvalue weighted by Gasteiger charge is 2.25. The van der Waals surface area contributed by atoms with Gasteiger partial charge in [-0.3, -0.25) is 4.79 Å². The van der Waals surface area contributed by atoms with Crippen LogP contribution >= 0.6 is 11.6 Å². The Kier molecular flexibility index (Phi) is 8.70. The first-order valence-electron chi connectivity index (χ1n) is 12.0. The lowest BCUT2D eigenvalue weighted by Gasteiger charge is -2.17. The van der Waals surface area contributed by atoms with Crippen molar-refractivity contribution in [1.82, 2.24) is 15.1 Å². The maximum atomic E-state index is 13.3. The van der Waals surface area contributed by atoms with E-state index in [1.807, 2.05) is 49.4 Å². The molecule has 0 radical (unpaired) electrons. The lowest BCUT2D eigenvalue weighted by atomic mass is 10.0. The van der Waals surface area contributed by atoms with Crippen LogP contribution in [0.4, 0.5) is 5.82 Å². The zero-order valence-corrected chi connectivity index (χ0v) is 21.2. The molecule has 4 aromatic rings. The Hall–Kier alpha value is -3.96. The van der Waals surface area contributed by atoms with Crippen molar-refractivity contribution >= 4 is 23.2 Å². The predicted octanol–water partition coefficient (Wildman–Crippen LogP) is 5.06. The maximum Gasteiger partial charge on any atom is 0.214 e. The van der Waals surface area contributed by atoms with Gasteiger partial charge in [-0.15, -0.1) is 0 Å². The Morgan fingerprint density at radius 2 is 1.76 bits per heavy atom. The van der Waals surface area contributed by atoms with Gasteiger partial charge in [0.15, 0.2) is 5.69 Å². The summed E-state index contributed by atoms with van der Waals surface area (Å²) in [4.78, 5) is 13.3. The summed E-state index contributed by atoms with van der Waals surface area (Å²) >= 11 is 6.07. The van der Waals surface area contributed by atoms with Gasteiger partial charge < -0.3 is 15.7 Å². The van der Waals surface area contributed by atoms with E-state index in [1.54, 1.807) is 41.1 Å². The molecular weight excluding hydrogens is 486 g/mol. The number of aromatic nitrogens is 2. The van der Waals surface area contributed by atoms with E-state index in [2.05, 4.69) is 21.8 Å². The lowest BCUT2D eigenvalue weighted by molar-refractivity contribution is 0.103. The van der Waals surface area contributed by atoms with E-state index in [0.29, 0.717) is 41.6 Å². The summed E-state index contributed by atoms with van der Waals surface area (Å²) in [5, 5.41) is 31.6. The second-order valence-electron chi connectivity index (χ2n) is 8.65. The Balaban J connectivity index is 1.54. The summed E-state index contributed by atoms with van der Waals surface area (Å²) in [5.74, 6) is 0.129. The van der Waals surface area contributed by atoms with Crippen LogP contribution in [0.5, 0.6) is 0 Å². The summed E-state index contributed by atoms with van der Waals surface area (Å²) in [7, 11) is 0. The fourth-order valence-corrected chi connectivity index (χ4v) is 4.13. The number of nitriles is 1. The zero-order chi connectivity index (χ0) is 26.2. The molecule has 3 aromatic carbocycles. The highest BCUT2D eigenvalue weighted by Crippen LogP contribution is 2.26. The average molecular weight is 514 g/mol. The van der Waals surface area contributed by atoms with Crippen LogP contribution in [0.15, 0.2) is 78.9 Å². The maximum absolute atomic E-state index is 13.3. The van der Waals surface area contributed by atoms with Crippen molar-refractivity contribution in [2.24, 2.45) is 0 Å². The van der Waals surface area contributed by atoms with Crippen LogP contribution < -0.4 is 10.6 Å². The van der Waals surface area contributed by atoms with Crippen LogP contribution in [0, 0.1) is 18.3 Å². The van der Waals surface area contributed by atoms with Crippen molar-refractivity contribution in [2.45, 2.75) is 19.4 Å². The Labute approximate surface area is 221 Å². The van der Waals surface area contributed by atoms with Gasteiger partial charge in [0.05, 0.1) is 18.3 Å². The average Bonchev–Trinajstić information content (AvgIpc) is 3.30. The van der Waals surface area contributed by atoms with Gasteiger partial charge in [-0.05, 0) is 49.7 Å². The van der Waals surface area contributed by atoms with Crippen molar-refractivity contribution < 1.29 is 9.90 Å². The normalized spacial score (nSPS) is 11.6. The topological polar surface area (TPSA) is 103 Å². The molecule has 0 bridgehead atoms. The molecule has 1 unspecified atom stereocenters. The molecule has 0 aliphatic heterocycles. The number of aryl methyl sites for hydroxylation is 1. The van der Waals surface area contributed by atoms with Gasteiger partial charge in [0.25, 0.3) is 0 Å². The first-order valence-corrected chi connectivity index (χ1v) is 12.4. The standard InChI is InChI=1S/C29H28ClN5O2/c1-20-8-10-22(11-9-20)28(37)27-25(18-31)29(35(34-27)24-14-12-23(30)13-15-24)33-17-5-16-32-26(19-36)21-6-3-2-4-7-21/h2-4,6-15,26,32-33,36H,5,16-17,19H2,1H3. The number of halogens is 1. The fourth-order valence-electron chi connectivity index (χ4n) is 4.00. The van der Waals surface area contributed by atoms with Gasteiger partial charge >= 0.3 is 0 Å². The minimum absolute atomic E-state index is 0.0101. The largest absolute Gasteiger partial charge is 0.394 e. The highest BCUT2D eigenvalue weighted by molar-refractivity contribution is 6.30. The number of benzene rings is 3. The van der Waals surface area contributed by atoms with Crippen molar-refractivity contribution in [3.8, 4) is 11.8 Å². The third-order valence-corrected chi connectivity index (χ3v) is 6.27. The van der Waals surface area contributed by atoms with E-state index in [1.165, 1.54) is 0 Å². The summed E-state index contributed by atoms with van der Waals surface area (Å²) < 4.78 is 1.57. The number of carbonyl (C=O) groups is 1. The number of aliphatic hydroxyl groups is 1. The van der Waals surface area contributed by atoms with E-state index < -0.39 is 0 Å². The SMILES string of the molecule is Cc1ccc(C(=O)c2nn(-c3ccc(Cl)cc3)c(NCCCNC(CO)c3ccccc3)c2C#N)cc1. The predicted molar refractivity (Wildman–Crippen MR) is 145 cm³/mol. The number of rotatable bonds is 11. The summed E-state index contributed by atoms with van der Waals surface area (Å²) in [6, 6.07) is 26.0. The molecule has 0 amide bonds. The number of carbonyl (C=O) groups excluding carboxylic acids is 1. The minimum atomic E-state index is -0.317. The number of ketones is 1. The van der Waals surface area contributed by atoms with Gasteiger partial charge in [0.1, 0.15) is 17.5 Å². The highest BCUT2D eigenvalue weighted by atomic mass is 35.5. The molecule has 1 aromatic heterocycles. The van der Waals surface area contributed by atoms with Gasteiger partial charge in [-0.25, -0.2) is 4.68 Å². The number of nitrogens with zero attached hydrogens (tertiary/aromatic N) is 3. The van der Waals surface area contributed by atoms with Crippen LogP contribution in [-0.2, 0) is 0 Å². The van der Waals surface area contributed by atoms with Crippen LogP contribution in [-0.4, -0.2) is 40.4 Å². The van der Waals surface area contributed by atoms with Gasteiger partial charge in [0, 0.05) is 17.1 Å². The molecule has 188 valence electrons. The molecule has 0 spiro atoms. The second-order valence-corrected chi connectivity index (χ2v) is 9.08. The van der Waals surface area contributed by atoms with Crippen LogP contribution in [0.25, 0.3) is 5.69 Å². The minimum Gasteiger partial charge on any atom is -0.394 e. The number of nitrogens with one attached hydrogen (secondary N) is 2. The van der Waals surface area contributed by atoms with E-state index >= 15 is 0 Å². The molecule has 0 saturated carbocycles. The first-order chi connectivity index (χ1) is 18.0. The molecule has 0 fully saturated rings. The summed E-state index contributed by atoms with van der Waals surface area (Å²) in [6.45, 7) is 3.10. The Morgan fingerprint density at radius 1 is 1.05 bits per heavy atom. The Morgan fingerprint density at radius 3 is 2.41 bits per heavy atom. The molecule has 0 aliphatic carbocycles. The van der Waals surface area contributed by atoms with Crippen LogP contribution in [0.2, 0.25) is 5.02 Å². The third-order valence-electron chi connectivity index (χ3n) is 6.02. The lowest BCUT2D eigenvalue weighted by Crippen LogP contribution is -2.26. The molecule has 1 atom stereocenters. The summed E-state index contributed by atoms with van der Waals surface area (Å²) in [6.07, 6.45) is 0.710. The molecule has 0 saturated heterocycles. The van der Waals surface area contributed by atoms with E-state index in [9.17, 15) is 15.2 Å². The van der Waals surface area contributed by atoms with Gasteiger partial charge in [-0.2, -0.15) is 10.4 Å². The van der Waals surface area contributed by atoms with Gasteiger partial charge in [-0.1, -0.05) is 71.8 Å². The van der Waals surface area contributed by atoms with E-state index in [4.69, 9.17) is 11.6 Å². The van der Waals surface area contributed by atoms with Crippen molar-refractivity contribution in [2.75, 3.05) is 25.0 Å². The van der Waals surface area contributed by atoms with Gasteiger partial charge in [0.2, 0.25) is 5.78 Å². The molecular formula is C29H28ClN5O2. The molecule has 3 N–H and O–H groups in total. The third kappa shape index (κ3) is 6.25. The molecule has 0 aliphatic rings. The molecule has 8 heteroatoms. The number of anilines is 1. The molecule has 37 heavy (non-hydrogen) atoms. The molecule has 1 heterocycles. The monoisotopic (exact) mass is 513 g/mol. The smallest absolute Gasteiger partial charge is 0.214 e. The van der Waals surface area contributed by atoms with E-state index in [-0.39, 0.29) is 29.7 Å². The van der Waals surface area contributed by atoms with Crippen molar-refractivity contribution in [1.29, 1.82) is 5.26 Å². The molecule has 4 rings (SSSR count). The number of aliphatic hydroxyl groups excluding tert-OH is 1. The van der Waals surface area contributed by atoms with Crippen LogP contribution in [0.3, 0.4) is 0 Å². The zero-order valence-electron chi connectivity index (χ0n) is 20.5. The van der Waals surface area contributed by atoms with E-state index in [0.717, 1.165) is 11.1 Å².